The van der Waals surface area contributed by atoms with Gasteiger partial charge in [0.1, 0.15) is 5.75 Å². The standard InChI is InChI=1S/C14H20BrNO3/c1-3-4-7-18-14(17)9-19-13-8-11(15)5-6-12(13)10(2)16/h5-6,8,10H,3-4,7,9,16H2,1-2H3. The summed E-state index contributed by atoms with van der Waals surface area (Å²) in [5.74, 6) is 0.251. The molecule has 0 aliphatic carbocycles. The zero-order chi connectivity index (χ0) is 14.3. The fraction of sp³-hybridized carbons (Fsp3) is 0.500. The number of esters is 1. The molecule has 5 heteroatoms. The van der Waals surface area contributed by atoms with Gasteiger partial charge >= 0.3 is 5.97 Å². The normalized spacial score (nSPS) is 12.0. The lowest BCUT2D eigenvalue weighted by atomic mass is 10.1. The molecule has 0 heterocycles. The van der Waals surface area contributed by atoms with E-state index in [4.69, 9.17) is 15.2 Å². The third kappa shape index (κ3) is 5.61. The van der Waals surface area contributed by atoms with Gasteiger partial charge in [0.25, 0.3) is 0 Å². The minimum atomic E-state index is -0.357. The van der Waals surface area contributed by atoms with Gasteiger partial charge in [-0.1, -0.05) is 35.3 Å². The molecule has 0 saturated heterocycles. The lowest BCUT2D eigenvalue weighted by molar-refractivity contribution is -0.146. The molecule has 4 nitrogen and oxygen atoms in total. The fourth-order valence-corrected chi connectivity index (χ4v) is 1.86. The molecule has 0 radical (unpaired) electrons. The van der Waals surface area contributed by atoms with Crippen LogP contribution in [0, 0.1) is 0 Å². The first-order chi connectivity index (χ1) is 9.04. The molecule has 1 aromatic carbocycles. The highest BCUT2D eigenvalue weighted by molar-refractivity contribution is 9.10. The average Bonchev–Trinajstić information content (AvgIpc) is 2.36. The second-order valence-electron chi connectivity index (χ2n) is 4.33. The first-order valence-corrected chi connectivity index (χ1v) is 7.17. The fourth-order valence-electron chi connectivity index (χ4n) is 1.52. The van der Waals surface area contributed by atoms with E-state index in [1.165, 1.54) is 0 Å². The first-order valence-electron chi connectivity index (χ1n) is 6.38. The van der Waals surface area contributed by atoms with Crippen LogP contribution < -0.4 is 10.5 Å². The summed E-state index contributed by atoms with van der Waals surface area (Å²) in [6, 6.07) is 5.43. The lowest BCUT2D eigenvalue weighted by Crippen LogP contribution is -2.17. The molecule has 1 rings (SSSR count). The van der Waals surface area contributed by atoms with Gasteiger partial charge < -0.3 is 15.2 Å². The van der Waals surface area contributed by atoms with Crippen molar-refractivity contribution < 1.29 is 14.3 Å². The maximum atomic E-state index is 11.5. The minimum Gasteiger partial charge on any atom is -0.482 e. The number of benzene rings is 1. The van der Waals surface area contributed by atoms with Gasteiger partial charge in [-0.15, -0.1) is 0 Å². The van der Waals surface area contributed by atoms with Gasteiger partial charge in [-0.2, -0.15) is 0 Å². The Kier molecular flexibility index (Phi) is 6.87. The van der Waals surface area contributed by atoms with Gasteiger partial charge in [0, 0.05) is 16.1 Å². The summed E-state index contributed by atoms with van der Waals surface area (Å²) in [5.41, 5.74) is 6.72. The van der Waals surface area contributed by atoms with Crippen LogP contribution in [-0.2, 0) is 9.53 Å². The zero-order valence-corrected chi connectivity index (χ0v) is 12.9. The number of halogens is 1. The molecule has 0 amide bonds. The Morgan fingerprint density at radius 3 is 2.84 bits per heavy atom. The summed E-state index contributed by atoms with van der Waals surface area (Å²) in [6.45, 7) is 4.26. The summed E-state index contributed by atoms with van der Waals surface area (Å²) < 4.78 is 11.4. The van der Waals surface area contributed by atoms with Crippen LogP contribution in [0.1, 0.15) is 38.3 Å². The van der Waals surface area contributed by atoms with Gasteiger partial charge in [0.05, 0.1) is 6.61 Å². The number of hydrogen-bond acceptors (Lipinski definition) is 4. The second-order valence-corrected chi connectivity index (χ2v) is 5.25. The molecule has 0 bridgehead atoms. The van der Waals surface area contributed by atoms with Gasteiger partial charge in [0.2, 0.25) is 0 Å². The Balaban J connectivity index is 2.56. The summed E-state index contributed by atoms with van der Waals surface area (Å²) in [6.07, 6.45) is 1.86. The van der Waals surface area contributed by atoms with Crippen LogP contribution in [0.5, 0.6) is 5.75 Å². The molecule has 0 spiro atoms. The Labute approximate surface area is 122 Å². The van der Waals surface area contributed by atoms with Crippen molar-refractivity contribution in [3.63, 3.8) is 0 Å². The average molecular weight is 330 g/mol. The van der Waals surface area contributed by atoms with E-state index in [1.54, 1.807) is 6.07 Å². The maximum Gasteiger partial charge on any atom is 0.344 e. The quantitative estimate of drug-likeness (QED) is 0.616. The van der Waals surface area contributed by atoms with Crippen molar-refractivity contribution in [1.29, 1.82) is 0 Å². The SMILES string of the molecule is CCCCOC(=O)COc1cc(Br)ccc1C(C)N. The molecule has 0 saturated carbocycles. The highest BCUT2D eigenvalue weighted by Gasteiger charge is 2.11. The molecule has 0 aromatic heterocycles. The van der Waals surface area contributed by atoms with E-state index >= 15 is 0 Å². The Bertz CT molecular complexity index is 421. The molecule has 0 aliphatic heterocycles. The highest BCUT2D eigenvalue weighted by atomic mass is 79.9. The molecule has 1 unspecified atom stereocenters. The summed E-state index contributed by atoms with van der Waals surface area (Å²) in [5, 5.41) is 0. The van der Waals surface area contributed by atoms with E-state index in [-0.39, 0.29) is 18.6 Å². The second kappa shape index (κ2) is 8.17. The van der Waals surface area contributed by atoms with E-state index in [0.29, 0.717) is 12.4 Å². The zero-order valence-electron chi connectivity index (χ0n) is 11.3. The van der Waals surface area contributed by atoms with Gasteiger partial charge in [-0.3, -0.25) is 0 Å². The summed E-state index contributed by atoms with van der Waals surface area (Å²) in [4.78, 5) is 11.5. The molecule has 0 fully saturated rings. The van der Waals surface area contributed by atoms with Crippen LogP contribution in [0.3, 0.4) is 0 Å². The largest absolute Gasteiger partial charge is 0.482 e. The third-order valence-corrected chi connectivity index (χ3v) is 3.07. The minimum absolute atomic E-state index is 0.0973. The van der Waals surface area contributed by atoms with Gasteiger partial charge in [0.15, 0.2) is 6.61 Å². The van der Waals surface area contributed by atoms with Crippen LogP contribution in [0.15, 0.2) is 22.7 Å². The summed E-state index contributed by atoms with van der Waals surface area (Å²) >= 11 is 3.37. The molecular formula is C14H20BrNO3. The van der Waals surface area contributed by atoms with E-state index < -0.39 is 0 Å². The number of unbranched alkanes of at least 4 members (excludes halogenated alkanes) is 1. The van der Waals surface area contributed by atoms with Crippen molar-refractivity contribution in [2.75, 3.05) is 13.2 Å². The Morgan fingerprint density at radius 2 is 2.21 bits per heavy atom. The Morgan fingerprint density at radius 1 is 1.47 bits per heavy atom. The van der Waals surface area contributed by atoms with Crippen LogP contribution >= 0.6 is 15.9 Å². The lowest BCUT2D eigenvalue weighted by Gasteiger charge is -2.14. The van der Waals surface area contributed by atoms with Crippen molar-refractivity contribution in [3.8, 4) is 5.75 Å². The van der Waals surface area contributed by atoms with Crippen molar-refractivity contribution in [1.82, 2.24) is 0 Å². The van der Waals surface area contributed by atoms with Crippen LogP contribution in [-0.4, -0.2) is 19.2 Å². The van der Waals surface area contributed by atoms with Crippen molar-refractivity contribution in [2.45, 2.75) is 32.7 Å². The van der Waals surface area contributed by atoms with E-state index in [0.717, 1.165) is 22.9 Å². The smallest absolute Gasteiger partial charge is 0.344 e. The molecular weight excluding hydrogens is 310 g/mol. The Hall–Kier alpha value is -1.07. The molecule has 0 aliphatic rings. The van der Waals surface area contributed by atoms with Gasteiger partial charge in [-0.05, 0) is 25.5 Å². The molecule has 1 aromatic rings. The molecule has 19 heavy (non-hydrogen) atoms. The van der Waals surface area contributed by atoms with Crippen molar-refractivity contribution in [2.24, 2.45) is 5.73 Å². The first kappa shape index (κ1) is 16.0. The van der Waals surface area contributed by atoms with Crippen LogP contribution in [0.25, 0.3) is 0 Å². The summed E-state index contributed by atoms with van der Waals surface area (Å²) in [7, 11) is 0. The van der Waals surface area contributed by atoms with Crippen LogP contribution in [0.2, 0.25) is 0 Å². The predicted octanol–water partition coefficient (Wildman–Crippen LogP) is 3.19. The predicted molar refractivity (Wildman–Crippen MR) is 78.1 cm³/mol. The van der Waals surface area contributed by atoms with E-state index in [1.807, 2.05) is 26.0 Å². The van der Waals surface area contributed by atoms with Crippen LogP contribution in [0.4, 0.5) is 0 Å². The van der Waals surface area contributed by atoms with E-state index in [9.17, 15) is 4.79 Å². The van der Waals surface area contributed by atoms with Crippen molar-refractivity contribution in [3.05, 3.63) is 28.2 Å². The molecule has 106 valence electrons. The number of ether oxygens (including phenoxy) is 2. The van der Waals surface area contributed by atoms with Crippen molar-refractivity contribution >= 4 is 21.9 Å². The molecule has 2 N–H and O–H groups in total. The number of rotatable bonds is 7. The highest BCUT2D eigenvalue weighted by Crippen LogP contribution is 2.27. The maximum absolute atomic E-state index is 11.5. The monoisotopic (exact) mass is 329 g/mol. The number of carbonyl (C=O) groups excluding carboxylic acids is 1. The van der Waals surface area contributed by atoms with E-state index in [2.05, 4.69) is 15.9 Å². The van der Waals surface area contributed by atoms with Gasteiger partial charge in [-0.25, -0.2) is 4.79 Å². The number of nitrogens with two attached hydrogens (primary N) is 1. The number of carbonyl (C=O) groups is 1. The third-order valence-electron chi connectivity index (χ3n) is 2.57. The number of hydrogen-bond donors (Lipinski definition) is 1. The molecule has 1 atom stereocenters. The topological polar surface area (TPSA) is 61.5 Å².